The molecule has 0 spiro atoms. The van der Waals surface area contributed by atoms with Crippen molar-refractivity contribution in [1.82, 2.24) is 9.30 Å². The van der Waals surface area contributed by atoms with Crippen molar-refractivity contribution in [2.24, 2.45) is 0 Å². The SMILES string of the molecule is Cc1csc2c(C(=O)O)c(=O)c3cc(F)c(N4CCN(C)CC4)cc3n12. The number of carbonyl (C=O) groups is 1. The molecule has 0 amide bonds. The van der Waals surface area contributed by atoms with Crippen molar-refractivity contribution in [3.05, 3.63) is 44.8 Å². The number of pyridine rings is 1. The van der Waals surface area contributed by atoms with Crippen molar-refractivity contribution in [1.29, 1.82) is 0 Å². The van der Waals surface area contributed by atoms with Crippen LogP contribution in [0.15, 0.2) is 22.3 Å². The number of carboxylic acid groups (broad SMARTS) is 1. The fourth-order valence-electron chi connectivity index (χ4n) is 3.50. The lowest BCUT2D eigenvalue weighted by Crippen LogP contribution is -2.44. The second-order valence-corrected chi connectivity index (χ2v) is 7.50. The van der Waals surface area contributed by atoms with Crippen molar-refractivity contribution in [2.75, 3.05) is 38.1 Å². The summed E-state index contributed by atoms with van der Waals surface area (Å²) in [6.45, 7) is 4.92. The summed E-state index contributed by atoms with van der Waals surface area (Å²) in [6, 6.07) is 2.86. The minimum absolute atomic E-state index is 0.0942. The van der Waals surface area contributed by atoms with Crippen LogP contribution >= 0.6 is 11.3 Å². The molecule has 26 heavy (non-hydrogen) atoms. The molecule has 1 saturated heterocycles. The minimum Gasteiger partial charge on any atom is -0.477 e. The van der Waals surface area contributed by atoms with Gasteiger partial charge in [0.15, 0.2) is 0 Å². The fraction of sp³-hybridized carbons (Fsp3) is 0.333. The lowest BCUT2D eigenvalue weighted by molar-refractivity contribution is 0.0697. The van der Waals surface area contributed by atoms with Gasteiger partial charge in [0, 0.05) is 37.3 Å². The number of piperazine rings is 1. The van der Waals surface area contributed by atoms with Gasteiger partial charge >= 0.3 is 5.97 Å². The largest absolute Gasteiger partial charge is 0.477 e. The van der Waals surface area contributed by atoms with Crippen LogP contribution in [0.5, 0.6) is 0 Å². The van der Waals surface area contributed by atoms with Gasteiger partial charge in [-0.05, 0) is 26.1 Å². The molecule has 136 valence electrons. The standard InChI is InChI=1S/C18H18FN3O3S/c1-10-9-26-17-15(18(24)25)16(23)11-7-12(19)14(8-13(11)22(10)17)21-5-3-20(2)4-6-21/h7-9H,3-6H2,1-2H3,(H,24,25). The molecule has 8 heteroatoms. The summed E-state index contributed by atoms with van der Waals surface area (Å²) in [5.74, 6) is -1.79. The van der Waals surface area contributed by atoms with E-state index >= 15 is 0 Å². The third-order valence-electron chi connectivity index (χ3n) is 4.95. The van der Waals surface area contributed by atoms with E-state index in [0.717, 1.165) is 18.8 Å². The number of benzene rings is 1. The van der Waals surface area contributed by atoms with Gasteiger partial charge in [0.2, 0.25) is 5.43 Å². The summed E-state index contributed by atoms with van der Waals surface area (Å²) >= 11 is 1.21. The number of halogens is 1. The monoisotopic (exact) mass is 375 g/mol. The van der Waals surface area contributed by atoms with Crippen LogP contribution in [0.4, 0.5) is 10.1 Å². The van der Waals surface area contributed by atoms with E-state index in [1.165, 1.54) is 17.4 Å². The Kier molecular flexibility index (Phi) is 3.96. The van der Waals surface area contributed by atoms with Gasteiger partial charge in [0.1, 0.15) is 16.2 Å². The van der Waals surface area contributed by atoms with Crippen molar-refractivity contribution < 1.29 is 14.3 Å². The Labute approximate surface area is 152 Å². The van der Waals surface area contributed by atoms with E-state index in [4.69, 9.17) is 0 Å². The molecule has 6 nitrogen and oxygen atoms in total. The highest BCUT2D eigenvalue weighted by molar-refractivity contribution is 7.16. The number of thiazole rings is 1. The lowest BCUT2D eigenvalue weighted by Gasteiger charge is -2.34. The zero-order valence-corrected chi connectivity index (χ0v) is 15.3. The minimum atomic E-state index is -1.29. The quantitative estimate of drug-likeness (QED) is 0.745. The summed E-state index contributed by atoms with van der Waals surface area (Å²) in [7, 11) is 2.03. The smallest absolute Gasteiger partial charge is 0.342 e. The third kappa shape index (κ3) is 2.48. The van der Waals surface area contributed by atoms with Gasteiger partial charge in [0.25, 0.3) is 0 Å². The van der Waals surface area contributed by atoms with E-state index in [0.29, 0.717) is 29.1 Å². The van der Waals surface area contributed by atoms with Crippen molar-refractivity contribution in [3.8, 4) is 0 Å². The van der Waals surface area contributed by atoms with E-state index < -0.39 is 17.2 Å². The van der Waals surface area contributed by atoms with Crippen molar-refractivity contribution in [3.63, 3.8) is 0 Å². The summed E-state index contributed by atoms with van der Waals surface area (Å²) in [5.41, 5.74) is 0.866. The molecule has 0 saturated carbocycles. The molecule has 2 aromatic heterocycles. The lowest BCUT2D eigenvalue weighted by atomic mass is 10.1. The summed E-state index contributed by atoms with van der Waals surface area (Å²) in [4.78, 5) is 28.8. The maximum Gasteiger partial charge on any atom is 0.342 e. The molecule has 1 aliphatic rings. The number of aryl methyl sites for hydroxylation is 1. The topological polar surface area (TPSA) is 65.3 Å². The Balaban J connectivity index is 2.03. The maximum atomic E-state index is 14.8. The molecule has 0 unspecified atom stereocenters. The molecular weight excluding hydrogens is 357 g/mol. The van der Waals surface area contributed by atoms with Gasteiger partial charge in [-0.15, -0.1) is 11.3 Å². The number of fused-ring (bicyclic) bond motifs is 3. The van der Waals surface area contributed by atoms with Crippen LogP contribution < -0.4 is 10.3 Å². The maximum absolute atomic E-state index is 14.8. The first kappa shape index (κ1) is 17.0. The number of anilines is 1. The first-order valence-electron chi connectivity index (χ1n) is 8.31. The molecule has 4 rings (SSSR count). The fourth-order valence-corrected chi connectivity index (χ4v) is 4.54. The summed E-state index contributed by atoms with van der Waals surface area (Å²) in [5, 5.41) is 11.4. The first-order valence-corrected chi connectivity index (χ1v) is 9.19. The normalized spacial score (nSPS) is 15.9. The van der Waals surface area contributed by atoms with Crippen LogP contribution in [0.25, 0.3) is 15.7 Å². The van der Waals surface area contributed by atoms with Crippen LogP contribution in [0.3, 0.4) is 0 Å². The average molecular weight is 375 g/mol. The van der Waals surface area contributed by atoms with Crippen LogP contribution in [-0.2, 0) is 0 Å². The highest BCUT2D eigenvalue weighted by Gasteiger charge is 2.23. The van der Waals surface area contributed by atoms with E-state index in [2.05, 4.69) is 4.90 Å². The molecule has 3 heterocycles. The number of hydrogen-bond donors (Lipinski definition) is 1. The highest BCUT2D eigenvalue weighted by atomic mass is 32.1. The predicted molar refractivity (Wildman–Crippen MR) is 100 cm³/mol. The molecule has 1 N–H and O–H groups in total. The number of likely N-dealkylation sites (N-methyl/N-ethyl adjacent to an activating group) is 1. The zero-order chi connectivity index (χ0) is 18.6. The van der Waals surface area contributed by atoms with Gasteiger partial charge in [-0.25, -0.2) is 9.18 Å². The molecule has 1 aliphatic heterocycles. The Morgan fingerprint density at radius 2 is 1.92 bits per heavy atom. The zero-order valence-electron chi connectivity index (χ0n) is 14.5. The molecule has 0 bridgehead atoms. The molecular formula is C18H18FN3O3S. The van der Waals surface area contributed by atoms with Gasteiger partial charge in [0.05, 0.1) is 16.6 Å². The molecule has 1 aromatic carbocycles. The second kappa shape index (κ2) is 6.07. The van der Waals surface area contributed by atoms with Gasteiger partial charge in [-0.3, -0.25) is 4.79 Å². The van der Waals surface area contributed by atoms with Gasteiger partial charge in [-0.1, -0.05) is 0 Å². The number of hydrogen-bond acceptors (Lipinski definition) is 5. The van der Waals surface area contributed by atoms with E-state index in [9.17, 15) is 19.1 Å². The number of rotatable bonds is 2. The Morgan fingerprint density at radius 3 is 2.58 bits per heavy atom. The number of aromatic nitrogens is 1. The van der Waals surface area contributed by atoms with Crippen LogP contribution in [0.2, 0.25) is 0 Å². The molecule has 0 aliphatic carbocycles. The highest BCUT2D eigenvalue weighted by Crippen LogP contribution is 2.30. The Hall–Kier alpha value is -2.45. The molecule has 0 atom stereocenters. The van der Waals surface area contributed by atoms with Gasteiger partial charge in [-0.2, -0.15) is 0 Å². The molecule has 0 radical (unpaired) electrons. The van der Waals surface area contributed by atoms with Crippen molar-refractivity contribution in [2.45, 2.75) is 6.92 Å². The first-order chi connectivity index (χ1) is 12.4. The van der Waals surface area contributed by atoms with Crippen LogP contribution in [0.1, 0.15) is 16.1 Å². The number of nitrogens with zero attached hydrogens (tertiary/aromatic N) is 3. The third-order valence-corrected chi connectivity index (χ3v) is 6.02. The van der Waals surface area contributed by atoms with E-state index in [1.54, 1.807) is 15.8 Å². The van der Waals surface area contributed by atoms with E-state index in [1.807, 2.05) is 18.9 Å². The number of aromatic carboxylic acids is 1. The summed E-state index contributed by atoms with van der Waals surface area (Å²) in [6.07, 6.45) is 0. The number of carboxylic acids is 1. The summed E-state index contributed by atoms with van der Waals surface area (Å²) < 4.78 is 16.5. The molecule has 1 fully saturated rings. The van der Waals surface area contributed by atoms with Crippen molar-refractivity contribution >= 4 is 38.7 Å². The molecule has 3 aromatic rings. The van der Waals surface area contributed by atoms with Crippen LogP contribution in [-0.4, -0.2) is 53.6 Å². The predicted octanol–water partition coefficient (Wildman–Crippen LogP) is 2.41. The van der Waals surface area contributed by atoms with Gasteiger partial charge < -0.3 is 19.3 Å². The Bertz CT molecular complexity index is 1100. The second-order valence-electron chi connectivity index (χ2n) is 6.64. The Morgan fingerprint density at radius 1 is 1.23 bits per heavy atom. The van der Waals surface area contributed by atoms with E-state index in [-0.39, 0.29) is 10.9 Å². The van der Waals surface area contributed by atoms with Crippen LogP contribution in [0, 0.1) is 12.7 Å². The average Bonchev–Trinajstić information content (AvgIpc) is 2.97.